The van der Waals surface area contributed by atoms with E-state index in [1.54, 1.807) is 19.9 Å². The summed E-state index contributed by atoms with van der Waals surface area (Å²) in [6.07, 6.45) is 0. The van der Waals surface area contributed by atoms with Crippen LogP contribution in [0.1, 0.15) is 27.2 Å². The van der Waals surface area contributed by atoms with E-state index in [9.17, 15) is 19.1 Å². The molecule has 0 spiro atoms. The number of benzene rings is 1. The van der Waals surface area contributed by atoms with Crippen LogP contribution in [0.15, 0.2) is 23.0 Å². The van der Waals surface area contributed by atoms with Crippen LogP contribution in [0.2, 0.25) is 0 Å². The van der Waals surface area contributed by atoms with Crippen molar-refractivity contribution in [2.75, 3.05) is 5.32 Å². The van der Waals surface area contributed by atoms with Gasteiger partial charge in [0.2, 0.25) is 0 Å². The molecule has 0 aliphatic heterocycles. The highest BCUT2D eigenvalue weighted by atomic mass is 19.1. The molecular weight excluding hydrogens is 287 g/mol. The van der Waals surface area contributed by atoms with Crippen molar-refractivity contribution in [2.45, 2.75) is 20.8 Å². The zero-order valence-corrected chi connectivity index (χ0v) is 12.8. The van der Waals surface area contributed by atoms with Crippen molar-refractivity contribution in [1.82, 2.24) is 4.57 Å². The summed E-state index contributed by atoms with van der Waals surface area (Å²) < 4.78 is 15.3. The van der Waals surface area contributed by atoms with Gasteiger partial charge in [0.25, 0.3) is 5.56 Å². The van der Waals surface area contributed by atoms with Gasteiger partial charge in [0.1, 0.15) is 11.4 Å². The highest BCUT2D eigenvalue weighted by Gasteiger charge is 2.21. The van der Waals surface area contributed by atoms with E-state index in [-0.39, 0.29) is 28.1 Å². The standard InChI is InChI=1S/C16H17FN2O3/c1-8-5-6-12(11(17)7-8)18-14-9(2)15(20)19(4)10(3)13(14)16(21)22/h5-7,18H,1-4H3,(H,21,22). The first-order chi connectivity index (χ1) is 10.2. The lowest BCUT2D eigenvalue weighted by atomic mass is 10.1. The minimum absolute atomic E-state index is 0.0421. The van der Waals surface area contributed by atoms with Gasteiger partial charge in [0.05, 0.1) is 11.4 Å². The molecule has 1 aromatic carbocycles. The summed E-state index contributed by atoms with van der Waals surface area (Å²) in [4.78, 5) is 23.7. The number of nitrogens with one attached hydrogen (secondary N) is 1. The van der Waals surface area contributed by atoms with Crippen LogP contribution in [0.4, 0.5) is 15.8 Å². The second-order valence-electron chi connectivity index (χ2n) is 5.24. The Hall–Kier alpha value is -2.63. The van der Waals surface area contributed by atoms with Gasteiger partial charge in [0.15, 0.2) is 0 Å². The summed E-state index contributed by atoms with van der Waals surface area (Å²) in [5, 5.41) is 12.2. The van der Waals surface area contributed by atoms with Gasteiger partial charge < -0.3 is 15.0 Å². The lowest BCUT2D eigenvalue weighted by molar-refractivity contribution is 0.0696. The number of carbonyl (C=O) groups is 1. The van der Waals surface area contributed by atoms with Crippen molar-refractivity contribution in [3.05, 3.63) is 56.8 Å². The number of rotatable bonds is 3. The van der Waals surface area contributed by atoms with Crippen molar-refractivity contribution >= 4 is 17.3 Å². The fourth-order valence-corrected chi connectivity index (χ4v) is 2.32. The highest BCUT2D eigenvalue weighted by molar-refractivity contribution is 5.97. The quantitative estimate of drug-likeness (QED) is 0.914. The van der Waals surface area contributed by atoms with Gasteiger partial charge in [-0.25, -0.2) is 9.18 Å². The Morgan fingerprint density at radius 3 is 2.45 bits per heavy atom. The van der Waals surface area contributed by atoms with Crippen molar-refractivity contribution in [3.63, 3.8) is 0 Å². The Labute approximate surface area is 127 Å². The molecule has 0 aliphatic rings. The van der Waals surface area contributed by atoms with Gasteiger partial charge in [-0.3, -0.25) is 4.79 Å². The van der Waals surface area contributed by atoms with Gasteiger partial charge in [-0.1, -0.05) is 6.07 Å². The molecule has 0 bridgehead atoms. The smallest absolute Gasteiger partial charge is 0.339 e. The Kier molecular flexibility index (Phi) is 4.03. The number of aromatic nitrogens is 1. The minimum Gasteiger partial charge on any atom is -0.478 e. The third-order valence-electron chi connectivity index (χ3n) is 3.71. The van der Waals surface area contributed by atoms with E-state index in [0.29, 0.717) is 5.69 Å². The Morgan fingerprint density at radius 2 is 1.91 bits per heavy atom. The normalized spacial score (nSPS) is 10.6. The summed E-state index contributed by atoms with van der Waals surface area (Å²) in [6.45, 7) is 4.81. The maximum Gasteiger partial charge on any atom is 0.339 e. The van der Waals surface area contributed by atoms with E-state index in [0.717, 1.165) is 5.56 Å². The van der Waals surface area contributed by atoms with Gasteiger partial charge in [-0.2, -0.15) is 0 Å². The second kappa shape index (κ2) is 5.63. The topological polar surface area (TPSA) is 71.3 Å². The number of nitrogens with zero attached hydrogens (tertiary/aromatic N) is 1. The lowest BCUT2D eigenvalue weighted by Gasteiger charge is -2.17. The SMILES string of the molecule is Cc1ccc(Nc2c(C(=O)O)c(C)n(C)c(=O)c2C)c(F)c1. The molecule has 22 heavy (non-hydrogen) atoms. The molecule has 2 N–H and O–H groups in total. The van der Waals surface area contributed by atoms with Crippen LogP contribution in [0, 0.1) is 26.6 Å². The summed E-state index contributed by atoms with van der Waals surface area (Å²) >= 11 is 0. The molecular formula is C16H17FN2O3. The summed E-state index contributed by atoms with van der Waals surface area (Å²) in [7, 11) is 1.51. The van der Waals surface area contributed by atoms with Crippen molar-refractivity contribution < 1.29 is 14.3 Å². The number of halogens is 1. The molecule has 6 heteroatoms. The Morgan fingerprint density at radius 1 is 1.27 bits per heavy atom. The van der Waals surface area contributed by atoms with Crippen molar-refractivity contribution in [2.24, 2.45) is 7.05 Å². The Bertz CT molecular complexity index is 825. The molecule has 2 rings (SSSR count). The van der Waals surface area contributed by atoms with E-state index in [4.69, 9.17) is 0 Å². The molecule has 5 nitrogen and oxygen atoms in total. The first kappa shape index (κ1) is 15.8. The van der Waals surface area contributed by atoms with Crippen LogP contribution in [0.3, 0.4) is 0 Å². The first-order valence-electron chi connectivity index (χ1n) is 6.70. The molecule has 116 valence electrons. The minimum atomic E-state index is -1.17. The molecule has 0 amide bonds. The van der Waals surface area contributed by atoms with Crippen LogP contribution >= 0.6 is 0 Å². The number of carboxylic acids is 1. The predicted molar refractivity (Wildman–Crippen MR) is 82.5 cm³/mol. The molecule has 2 aromatic rings. The van der Waals surface area contributed by atoms with Crippen LogP contribution in [-0.4, -0.2) is 15.6 Å². The fourth-order valence-electron chi connectivity index (χ4n) is 2.32. The van der Waals surface area contributed by atoms with E-state index < -0.39 is 11.8 Å². The maximum absolute atomic E-state index is 14.0. The Balaban J connectivity index is 2.69. The molecule has 1 heterocycles. The highest BCUT2D eigenvalue weighted by Crippen LogP contribution is 2.27. The van der Waals surface area contributed by atoms with Gasteiger partial charge in [-0.15, -0.1) is 0 Å². The van der Waals surface area contributed by atoms with E-state index in [1.807, 2.05) is 0 Å². The number of aryl methyl sites for hydroxylation is 1. The second-order valence-corrected chi connectivity index (χ2v) is 5.24. The number of anilines is 2. The van der Waals surface area contributed by atoms with E-state index in [2.05, 4.69) is 5.32 Å². The van der Waals surface area contributed by atoms with Gasteiger partial charge in [0, 0.05) is 18.3 Å². The summed E-state index contributed by atoms with van der Waals surface area (Å²) in [5.41, 5.74) is 1.17. The number of hydrogen-bond donors (Lipinski definition) is 2. The third-order valence-corrected chi connectivity index (χ3v) is 3.71. The molecule has 1 aromatic heterocycles. The molecule has 0 fully saturated rings. The molecule has 0 saturated carbocycles. The molecule has 0 radical (unpaired) electrons. The molecule has 0 aliphatic carbocycles. The maximum atomic E-state index is 14.0. The monoisotopic (exact) mass is 304 g/mol. The number of pyridine rings is 1. The third kappa shape index (κ3) is 2.59. The van der Waals surface area contributed by atoms with E-state index in [1.165, 1.54) is 30.7 Å². The number of aromatic carboxylic acids is 1. The van der Waals surface area contributed by atoms with E-state index >= 15 is 0 Å². The zero-order valence-electron chi connectivity index (χ0n) is 12.8. The average Bonchev–Trinajstić information content (AvgIpc) is 2.44. The van der Waals surface area contributed by atoms with Gasteiger partial charge >= 0.3 is 5.97 Å². The van der Waals surface area contributed by atoms with Crippen molar-refractivity contribution in [1.29, 1.82) is 0 Å². The predicted octanol–water partition coefficient (Wildman–Crippen LogP) is 2.89. The molecule has 0 saturated heterocycles. The van der Waals surface area contributed by atoms with Crippen LogP contribution < -0.4 is 10.9 Å². The molecule has 0 unspecified atom stereocenters. The molecule has 0 atom stereocenters. The average molecular weight is 304 g/mol. The number of hydrogen-bond acceptors (Lipinski definition) is 3. The lowest BCUT2D eigenvalue weighted by Crippen LogP contribution is -2.26. The van der Waals surface area contributed by atoms with Crippen molar-refractivity contribution in [3.8, 4) is 0 Å². The largest absolute Gasteiger partial charge is 0.478 e. The summed E-state index contributed by atoms with van der Waals surface area (Å²) in [6, 6.07) is 4.56. The first-order valence-corrected chi connectivity index (χ1v) is 6.70. The zero-order chi connectivity index (χ0) is 16.6. The van der Waals surface area contributed by atoms with Crippen LogP contribution in [0.5, 0.6) is 0 Å². The van der Waals surface area contributed by atoms with Crippen LogP contribution in [0.25, 0.3) is 0 Å². The van der Waals surface area contributed by atoms with Gasteiger partial charge in [-0.05, 0) is 38.5 Å². The fraction of sp³-hybridized carbons (Fsp3) is 0.250. The summed E-state index contributed by atoms with van der Waals surface area (Å²) in [5.74, 6) is -1.68. The number of carboxylic acid groups (broad SMARTS) is 1. The van der Waals surface area contributed by atoms with Crippen LogP contribution in [-0.2, 0) is 7.05 Å².